The van der Waals surface area contributed by atoms with E-state index in [4.69, 9.17) is 15.0 Å². The number of halogens is 1. The standard InChI is InChI=1S/C11H20BFN2O2/c1-10(2)11(3,4)17-12(16-10)9(7-14)8-15-6-5-13/h7-8H,5-6,14H2,1-4H3. The van der Waals surface area contributed by atoms with E-state index in [-0.39, 0.29) is 6.54 Å². The number of hydrogen-bond acceptors (Lipinski definition) is 4. The van der Waals surface area contributed by atoms with Crippen LogP contribution in [0.4, 0.5) is 4.39 Å². The molecule has 1 aliphatic rings. The molecular weight excluding hydrogens is 222 g/mol. The van der Waals surface area contributed by atoms with Crippen molar-refractivity contribution in [3.63, 3.8) is 0 Å². The van der Waals surface area contributed by atoms with Crippen molar-refractivity contribution in [2.24, 2.45) is 10.7 Å². The number of allylic oxidation sites excluding steroid dienone is 1. The lowest BCUT2D eigenvalue weighted by atomic mass is 9.79. The summed E-state index contributed by atoms with van der Waals surface area (Å²) in [6.45, 7) is 7.47. The first-order valence-electron chi connectivity index (χ1n) is 5.67. The molecule has 6 heteroatoms. The Morgan fingerprint density at radius 1 is 1.29 bits per heavy atom. The van der Waals surface area contributed by atoms with Crippen molar-refractivity contribution in [3.8, 4) is 0 Å². The Hall–Kier alpha value is -0.875. The summed E-state index contributed by atoms with van der Waals surface area (Å²) < 4.78 is 23.5. The Morgan fingerprint density at radius 2 is 1.82 bits per heavy atom. The third-order valence-corrected chi connectivity index (χ3v) is 3.17. The van der Waals surface area contributed by atoms with Crippen LogP contribution < -0.4 is 5.73 Å². The fourth-order valence-corrected chi connectivity index (χ4v) is 1.38. The maximum absolute atomic E-state index is 11.9. The van der Waals surface area contributed by atoms with Gasteiger partial charge in [0.1, 0.15) is 6.67 Å². The molecule has 0 unspecified atom stereocenters. The molecule has 0 aliphatic carbocycles. The molecule has 1 rings (SSSR count). The Morgan fingerprint density at radius 3 is 2.24 bits per heavy atom. The van der Waals surface area contributed by atoms with Gasteiger partial charge in [0.05, 0.1) is 17.7 Å². The summed E-state index contributed by atoms with van der Waals surface area (Å²) in [7, 11) is -0.548. The second kappa shape index (κ2) is 5.18. The SMILES string of the molecule is CC1(C)OB(C(C=NCCF)=CN)OC1(C)C. The summed E-state index contributed by atoms with van der Waals surface area (Å²) in [5.41, 5.74) is 5.28. The van der Waals surface area contributed by atoms with E-state index < -0.39 is 25.0 Å². The van der Waals surface area contributed by atoms with E-state index in [2.05, 4.69) is 4.99 Å². The molecule has 0 spiro atoms. The molecule has 0 saturated carbocycles. The lowest BCUT2D eigenvalue weighted by Crippen LogP contribution is -2.41. The summed E-state index contributed by atoms with van der Waals surface area (Å²) >= 11 is 0. The van der Waals surface area contributed by atoms with Gasteiger partial charge in [-0.3, -0.25) is 4.99 Å². The maximum atomic E-state index is 11.9. The molecule has 17 heavy (non-hydrogen) atoms. The second-order valence-corrected chi connectivity index (χ2v) is 4.98. The summed E-state index contributed by atoms with van der Waals surface area (Å²) in [5.74, 6) is 0. The molecule has 4 nitrogen and oxygen atoms in total. The first-order valence-corrected chi connectivity index (χ1v) is 5.67. The molecule has 1 aliphatic heterocycles. The number of hydrogen-bond donors (Lipinski definition) is 1. The Bertz CT molecular complexity index is 313. The number of nitrogens with zero attached hydrogens (tertiary/aromatic N) is 1. The van der Waals surface area contributed by atoms with Crippen LogP contribution in [0.2, 0.25) is 0 Å². The summed E-state index contributed by atoms with van der Waals surface area (Å²) in [5, 5.41) is 0. The molecule has 1 fully saturated rings. The number of nitrogens with two attached hydrogens (primary N) is 1. The van der Waals surface area contributed by atoms with Crippen LogP contribution in [-0.4, -0.2) is 37.8 Å². The van der Waals surface area contributed by atoms with Crippen LogP contribution in [0, 0.1) is 0 Å². The van der Waals surface area contributed by atoms with Crippen molar-refractivity contribution in [3.05, 3.63) is 11.7 Å². The largest absolute Gasteiger partial charge is 0.497 e. The summed E-state index contributed by atoms with van der Waals surface area (Å²) in [6, 6.07) is 0. The first-order chi connectivity index (χ1) is 7.84. The molecule has 0 aromatic carbocycles. The van der Waals surface area contributed by atoms with E-state index in [9.17, 15) is 4.39 Å². The highest BCUT2D eigenvalue weighted by atomic mass is 19.1. The van der Waals surface area contributed by atoms with Crippen LogP contribution in [0.15, 0.2) is 16.7 Å². The highest BCUT2D eigenvalue weighted by Gasteiger charge is 2.52. The fourth-order valence-electron chi connectivity index (χ4n) is 1.38. The summed E-state index contributed by atoms with van der Waals surface area (Å²) in [6.07, 6.45) is 2.88. The molecule has 0 aromatic heterocycles. The predicted octanol–water partition coefficient (Wildman–Crippen LogP) is 1.50. The maximum Gasteiger partial charge on any atom is 0.497 e. The quantitative estimate of drug-likeness (QED) is 0.600. The van der Waals surface area contributed by atoms with E-state index in [0.29, 0.717) is 5.47 Å². The topological polar surface area (TPSA) is 56.8 Å². The van der Waals surface area contributed by atoms with Crippen molar-refractivity contribution in [2.75, 3.05) is 13.2 Å². The van der Waals surface area contributed by atoms with Crippen molar-refractivity contribution in [1.29, 1.82) is 0 Å². The van der Waals surface area contributed by atoms with E-state index in [1.54, 1.807) is 0 Å². The van der Waals surface area contributed by atoms with Gasteiger partial charge >= 0.3 is 7.12 Å². The van der Waals surface area contributed by atoms with Crippen molar-refractivity contribution < 1.29 is 13.7 Å². The van der Waals surface area contributed by atoms with E-state index in [1.165, 1.54) is 12.4 Å². The Kier molecular flexibility index (Phi) is 4.33. The van der Waals surface area contributed by atoms with Gasteiger partial charge in [0.2, 0.25) is 0 Å². The van der Waals surface area contributed by atoms with Crippen LogP contribution >= 0.6 is 0 Å². The van der Waals surface area contributed by atoms with Crippen LogP contribution in [0.5, 0.6) is 0 Å². The van der Waals surface area contributed by atoms with E-state index in [1.807, 2.05) is 27.7 Å². The van der Waals surface area contributed by atoms with Gasteiger partial charge in [-0.15, -0.1) is 0 Å². The molecule has 96 valence electrons. The van der Waals surface area contributed by atoms with Gasteiger partial charge in [0.15, 0.2) is 0 Å². The van der Waals surface area contributed by atoms with Crippen molar-refractivity contribution in [1.82, 2.24) is 0 Å². The third-order valence-electron chi connectivity index (χ3n) is 3.17. The number of aliphatic imine (C=N–C) groups is 1. The molecule has 1 saturated heterocycles. The molecular formula is C11H20BFN2O2. The first kappa shape index (κ1) is 14.2. The average Bonchev–Trinajstić information content (AvgIpc) is 2.43. The highest BCUT2D eigenvalue weighted by Crippen LogP contribution is 2.38. The molecule has 0 amide bonds. The van der Waals surface area contributed by atoms with Crippen LogP contribution in [0.1, 0.15) is 27.7 Å². The van der Waals surface area contributed by atoms with Crippen LogP contribution in [-0.2, 0) is 9.31 Å². The third kappa shape index (κ3) is 3.07. The molecule has 0 aromatic rings. The number of rotatable bonds is 4. The van der Waals surface area contributed by atoms with Gasteiger partial charge in [-0.2, -0.15) is 0 Å². The van der Waals surface area contributed by atoms with Crippen molar-refractivity contribution >= 4 is 13.3 Å². The van der Waals surface area contributed by atoms with Gasteiger partial charge in [0, 0.05) is 11.7 Å². The zero-order valence-corrected chi connectivity index (χ0v) is 10.9. The van der Waals surface area contributed by atoms with Gasteiger partial charge in [0.25, 0.3) is 0 Å². The number of alkyl halides is 1. The monoisotopic (exact) mass is 242 g/mol. The van der Waals surface area contributed by atoms with E-state index >= 15 is 0 Å². The molecule has 0 radical (unpaired) electrons. The predicted molar refractivity (Wildman–Crippen MR) is 67.7 cm³/mol. The van der Waals surface area contributed by atoms with E-state index in [0.717, 1.165) is 0 Å². The zero-order valence-electron chi connectivity index (χ0n) is 10.9. The Balaban J connectivity index is 2.75. The normalized spacial score (nSPS) is 23.6. The minimum Gasteiger partial charge on any atom is -0.405 e. The molecule has 0 atom stereocenters. The van der Waals surface area contributed by atoms with Gasteiger partial charge in [-0.25, -0.2) is 4.39 Å². The minimum atomic E-state index is -0.548. The lowest BCUT2D eigenvalue weighted by Gasteiger charge is -2.32. The molecule has 2 N–H and O–H groups in total. The fraction of sp³-hybridized carbons (Fsp3) is 0.727. The lowest BCUT2D eigenvalue weighted by molar-refractivity contribution is 0.00578. The minimum absolute atomic E-state index is 0.122. The summed E-state index contributed by atoms with van der Waals surface area (Å²) in [4.78, 5) is 3.89. The van der Waals surface area contributed by atoms with Gasteiger partial charge in [-0.05, 0) is 33.9 Å². The Labute approximate surface area is 102 Å². The van der Waals surface area contributed by atoms with Gasteiger partial charge < -0.3 is 15.0 Å². The zero-order chi connectivity index (χ0) is 13.1. The molecule has 1 heterocycles. The molecule has 0 bridgehead atoms. The average molecular weight is 242 g/mol. The van der Waals surface area contributed by atoms with Crippen LogP contribution in [0.3, 0.4) is 0 Å². The van der Waals surface area contributed by atoms with Crippen molar-refractivity contribution in [2.45, 2.75) is 38.9 Å². The van der Waals surface area contributed by atoms with Gasteiger partial charge in [-0.1, -0.05) is 0 Å². The second-order valence-electron chi connectivity index (χ2n) is 4.98. The highest BCUT2D eigenvalue weighted by molar-refractivity contribution is 6.60. The van der Waals surface area contributed by atoms with Crippen LogP contribution in [0.25, 0.3) is 0 Å². The smallest absolute Gasteiger partial charge is 0.405 e.